The summed E-state index contributed by atoms with van der Waals surface area (Å²) in [5.74, 6) is -1.87. The second-order valence-corrected chi connectivity index (χ2v) is 7.77. The van der Waals surface area contributed by atoms with Crippen molar-refractivity contribution in [3.63, 3.8) is 0 Å². The predicted octanol–water partition coefficient (Wildman–Crippen LogP) is 3.53. The third kappa shape index (κ3) is 3.68. The molecule has 2 aliphatic heterocycles. The first-order valence-corrected chi connectivity index (χ1v) is 9.92. The minimum atomic E-state index is -0.953. The van der Waals surface area contributed by atoms with E-state index < -0.39 is 23.2 Å². The largest absolute Gasteiger partial charge is 0.324 e. The van der Waals surface area contributed by atoms with Gasteiger partial charge in [-0.1, -0.05) is 29.8 Å². The topological polar surface area (TPSA) is 78.5 Å². The predicted molar refractivity (Wildman–Crippen MR) is 112 cm³/mol. The molecular formula is C22H19ClFN3O3. The van der Waals surface area contributed by atoms with E-state index in [4.69, 9.17) is 11.6 Å². The van der Waals surface area contributed by atoms with Gasteiger partial charge in [-0.25, -0.2) is 4.39 Å². The number of halogens is 2. The minimum Gasteiger partial charge on any atom is -0.324 e. The van der Waals surface area contributed by atoms with E-state index in [1.54, 1.807) is 0 Å². The number of nitrogens with one attached hydrogen (secondary N) is 2. The van der Waals surface area contributed by atoms with E-state index >= 15 is 0 Å². The Hall–Kier alpha value is -3.19. The molecule has 3 amide bonds. The van der Waals surface area contributed by atoms with Crippen LogP contribution in [0, 0.1) is 5.82 Å². The Bertz CT molecular complexity index is 1070. The Kier molecular flexibility index (Phi) is 5.30. The Labute approximate surface area is 177 Å². The van der Waals surface area contributed by atoms with E-state index in [0.29, 0.717) is 25.8 Å². The molecule has 6 nitrogen and oxygen atoms in total. The fourth-order valence-corrected chi connectivity index (χ4v) is 4.16. The van der Waals surface area contributed by atoms with Gasteiger partial charge in [0.05, 0.1) is 5.02 Å². The van der Waals surface area contributed by atoms with E-state index in [1.807, 2.05) is 24.3 Å². The zero-order chi connectivity index (χ0) is 21.3. The molecule has 1 atom stereocenters. The highest BCUT2D eigenvalue weighted by Crippen LogP contribution is 2.39. The molecule has 4 rings (SSSR count). The van der Waals surface area contributed by atoms with Crippen molar-refractivity contribution in [3.8, 4) is 0 Å². The summed E-state index contributed by atoms with van der Waals surface area (Å²) in [6, 6.07) is 11.4. The lowest BCUT2D eigenvalue weighted by molar-refractivity contribution is -0.139. The highest BCUT2D eigenvalue weighted by atomic mass is 35.5. The second-order valence-electron chi connectivity index (χ2n) is 7.36. The third-order valence-electron chi connectivity index (χ3n) is 5.49. The van der Waals surface area contributed by atoms with Gasteiger partial charge in [-0.15, -0.1) is 0 Å². The van der Waals surface area contributed by atoms with Crippen LogP contribution in [0.1, 0.15) is 18.4 Å². The van der Waals surface area contributed by atoms with Gasteiger partial charge in [0.15, 0.2) is 0 Å². The molecule has 2 heterocycles. The molecule has 0 saturated carbocycles. The number of para-hydroxylation sites is 1. The fourth-order valence-electron chi connectivity index (χ4n) is 4.04. The molecule has 0 aliphatic carbocycles. The monoisotopic (exact) mass is 427 g/mol. The molecule has 2 aliphatic rings. The summed E-state index contributed by atoms with van der Waals surface area (Å²) in [4.78, 5) is 39.4. The number of hydrogen-bond acceptors (Lipinski definition) is 3. The number of carbonyl (C=O) groups excluding carboxylic acids is 3. The van der Waals surface area contributed by atoms with Crippen LogP contribution >= 0.6 is 11.6 Å². The van der Waals surface area contributed by atoms with Crippen LogP contribution < -0.4 is 10.6 Å². The maximum absolute atomic E-state index is 13.5. The molecule has 2 aromatic carbocycles. The van der Waals surface area contributed by atoms with Crippen molar-refractivity contribution in [2.24, 2.45) is 0 Å². The summed E-state index contributed by atoms with van der Waals surface area (Å²) < 4.78 is 13.5. The van der Waals surface area contributed by atoms with Crippen molar-refractivity contribution in [2.75, 3.05) is 17.2 Å². The number of carbonyl (C=O) groups is 3. The minimum absolute atomic E-state index is 0.0506. The SMILES string of the molecule is O=C(/C=C/C(=O)N1CCCC12Cc1ccccc1NC2=O)Nc1ccc(Cl)c(F)c1. The molecule has 0 bridgehead atoms. The fraction of sp³-hybridized carbons (Fsp3) is 0.227. The van der Waals surface area contributed by atoms with Gasteiger partial charge in [0, 0.05) is 36.5 Å². The molecule has 1 saturated heterocycles. The van der Waals surface area contributed by atoms with Crippen LogP contribution in [0.15, 0.2) is 54.6 Å². The quantitative estimate of drug-likeness (QED) is 0.735. The van der Waals surface area contributed by atoms with Gasteiger partial charge in [0.2, 0.25) is 11.8 Å². The lowest BCUT2D eigenvalue weighted by Gasteiger charge is -2.40. The summed E-state index contributed by atoms with van der Waals surface area (Å²) >= 11 is 5.62. The standard InChI is InChI=1S/C22H19ClFN3O3/c23-16-7-6-15(12-17(16)24)25-19(28)8-9-20(29)27-11-3-10-22(27)13-14-4-1-2-5-18(14)26-21(22)30/h1-2,4-9,12H,3,10-11,13H2,(H,25,28)(H,26,30)/b9-8+. The van der Waals surface area contributed by atoms with Crippen molar-refractivity contribution >= 4 is 40.7 Å². The zero-order valence-electron chi connectivity index (χ0n) is 16.0. The van der Waals surface area contributed by atoms with Crippen LogP contribution in [-0.4, -0.2) is 34.7 Å². The Balaban J connectivity index is 1.48. The smallest absolute Gasteiger partial charge is 0.250 e. The summed E-state index contributed by atoms with van der Waals surface area (Å²) in [6.07, 6.45) is 3.91. The second kappa shape index (κ2) is 7.91. The first-order valence-electron chi connectivity index (χ1n) is 9.54. The molecule has 2 aromatic rings. The number of rotatable bonds is 3. The molecule has 0 radical (unpaired) electrons. The van der Waals surface area contributed by atoms with Gasteiger partial charge in [0.25, 0.3) is 5.91 Å². The Morgan fingerprint density at radius 3 is 2.80 bits per heavy atom. The Morgan fingerprint density at radius 2 is 2.00 bits per heavy atom. The molecule has 154 valence electrons. The van der Waals surface area contributed by atoms with Crippen molar-refractivity contribution < 1.29 is 18.8 Å². The Morgan fingerprint density at radius 1 is 1.20 bits per heavy atom. The molecule has 1 fully saturated rings. The van der Waals surface area contributed by atoms with E-state index in [2.05, 4.69) is 10.6 Å². The molecule has 30 heavy (non-hydrogen) atoms. The lowest BCUT2D eigenvalue weighted by atomic mass is 9.83. The molecule has 1 spiro atoms. The van der Waals surface area contributed by atoms with Gasteiger partial charge in [-0.05, 0) is 42.7 Å². The molecule has 8 heteroatoms. The number of anilines is 2. The van der Waals surface area contributed by atoms with Crippen molar-refractivity contribution in [1.82, 2.24) is 4.90 Å². The maximum atomic E-state index is 13.5. The van der Waals surface area contributed by atoms with E-state index in [9.17, 15) is 18.8 Å². The van der Waals surface area contributed by atoms with E-state index in [0.717, 1.165) is 29.5 Å². The van der Waals surface area contributed by atoms with Gasteiger partial charge in [0.1, 0.15) is 11.4 Å². The summed E-state index contributed by atoms with van der Waals surface area (Å²) in [7, 11) is 0. The summed E-state index contributed by atoms with van der Waals surface area (Å²) in [6.45, 7) is 0.433. The molecule has 0 aromatic heterocycles. The number of likely N-dealkylation sites (tertiary alicyclic amines) is 1. The number of amides is 3. The van der Waals surface area contributed by atoms with Crippen molar-refractivity contribution in [1.29, 1.82) is 0 Å². The molecule has 2 N–H and O–H groups in total. The van der Waals surface area contributed by atoms with E-state index in [-0.39, 0.29) is 16.6 Å². The normalized spacial score (nSPS) is 20.3. The third-order valence-corrected chi connectivity index (χ3v) is 5.80. The molecular weight excluding hydrogens is 409 g/mol. The number of fused-ring (bicyclic) bond motifs is 1. The lowest BCUT2D eigenvalue weighted by Crippen LogP contribution is -2.58. The first kappa shape index (κ1) is 20.1. The maximum Gasteiger partial charge on any atom is 0.250 e. The van der Waals surface area contributed by atoms with Crippen LogP contribution in [0.2, 0.25) is 5.02 Å². The van der Waals surface area contributed by atoms with Crippen LogP contribution in [0.3, 0.4) is 0 Å². The first-order chi connectivity index (χ1) is 14.4. The van der Waals surface area contributed by atoms with Crippen LogP contribution in [-0.2, 0) is 20.8 Å². The highest BCUT2D eigenvalue weighted by molar-refractivity contribution is 6.30. The van der Waals surface area contributed by atoms with Crippen molar-refractivity contribution in [3.05, 3.63) is 71.0 Å². The average Bonchev–Trinajstić information content (AvgIpc) is 3.14. The highest BCUT2D eigenvalue weighted by Gasteiger charge is 2.51. The van der Waals surface area contributed by atoms with Crippen LogP contribution in [0.5, 0.6) is 0 Å². The number of hydrogen-bond donors (Lipinski definition) is 2. The van der Waals surface area contributed by atoms with E-state index in [1.165, 1.54) is 17.0 Å². The van der Waals surface area contributed by atoms with Gasteiger partial charge < -0.3 is 15.5 Å². The number of benzene rings is 2. The van der Waals surface area contributed by atoms with Crippen LogP contribution in [0.25, 0.3) is 0 Å². The summed E-state index contributed by atoms with van der Waals surface area (Å²) in [5.41, 5.74) is 1.01. The van der Waals surface area contributed by atoms with Crippen LogP contribution in [0.4, 0.5) is 15.8 Å². The van der Waals surface area contributed by atoms with Gasteiger partial charge in [-0.3, -0.25) is 14.4 Å². The van der Waals surface area contributed by atoms with Gasteiger partial charge >= 0.3 is 0 Å². The van der Waals surface area contributed by atoms with Crippen molar-refractivity contribution in [2.45, 2.75) is 24.8 Å². The average molecular weight is 428 g/mol. The number of nitrogens with zero attached hydrogens (tertiary/aromatic N) is 1. The van der Waals surface area contributed by atoms with Gasteiger partial charge in [-0.2, -0.15) is 0 Å². The summed E-state index contributed by atoms with van der Waals surface area (Å²) in [5, 5.41) is 5.33. The zero-order valence-corrected chi connectivity index (χ0v) is 16.7. The molecule has 1 unspecified atom stereocenters.